The fourth-order valence-electron chi connectivity index (χ4n) is 2.15. The summed E-state index contributed by atoms with van der Waals surface area (Å²) in [4.78, 5) is 0. The van der Waals surface area contributed by atoms with E-state index < -0.39 is 0 Å². The predicted molar refractivity (Wildman–Crippen MR) is 59.3 cm³/mol. The third-order valence-corrected chi connectivity index (χ3v) is 2.94. The van der Waals surface area contributed by atoms with Crippen LogP contribution in [0.15, 0.2) is 18.2 Å². The molecule has 0 saturated carbocycles. The Hall–Kier alpha value is -1.06. The monoisotopic (exact) mass is 207 g/mol. The first kappa shape index (κ1) is 10.5. The third-order valence-electron chi connectivity index (χ3n) is 2.94. The van der Waals surface area contributed by atoms with E-state index >= 15 is 0 Å². The summed E-state index contributed by atoms with van der Waals surface area (Å²) >= 11 is 0. The highest BCUT2D eigenvalue weighted by atomic mass is 16.5. The van der Waals surface area contributed by atoms with Crippen LogP contribution in [0.3, 0.4) is 0 Å². The van der Waals surface area contributed by atoms with E-state index in [4.69, 9.17) is 4.74 Å². The van der Waals surface area contributed by atoms with Gasteiger partial charge in [-0.3, -0.25) is 0 Å². The number of fused-ring (bicyclic) bond motifs is 1. The zero-order valence-corrected chi connectivity index (χ0v) is 8.99. The summed E-state index contributed by atoms with van der Waals surface area (Å²) in [7, 11) is 1.71. The Balaban J connectivity index is 2.32. The van der Waals surface area contributed by atoms with E-state index in [1.807, 2.05) is 12.1 Å². The molecule has 3 nitrogen and oxygen atoms in total. The van der Waals surface area contributed by atoms with Crippen LogP contribution in [0.2, 0.25) is 0 Å². The highest BCUT2D eigenvalue weighted by Crippen LogP contribution is 2.25. The van der Waals surface area contributed by atoms with E-state index in [-0.39, 0.29) is 12.6 Å². The normalized spacial score (nSPS) is 20.5. The first-order valence-corrected chi connectivity index (χ1v) is 5.34. The Morgan fingerprint density at radius 2 is 2.40 bits per heavy atom. The minimum absolute atomic E-state index is 0.179. The molecule has 0 amide bonds. The van der Waals surface area contributed by atoms with E-state index in [1.165, 1.54) is 11.1 Å². The van der Waals surface area contributed by atoms with Gasteiger partial charge in [0, 0.05) is 6.04 Å². The van der Waals surface area contributed by atoms with Crippen molar-refractivity contribution in [3.05, 3.63) is 29.3 Å². The maximum absolute atomic E-state index is 9.17. The molecule has 1 atom stereocenters. The molecule has 15 heavy (non-hydrogen) atoms. The van der Waals surface area contributed by atoms with E-state index in [0.29, 0.717) is 0 Å². The van der Waals surface area contributed by atoms with Crippen LogP contribution in [0.25, 0.3) is 0 Å². The lowest BCUT2D eigenvalue weighted by Gasteiger charge is -2.13. The number of hydrogen-bond donors (Lipinski definition) is 2. The summed E-state index contributed by atoms with van der Waals surface area (Å²) in [5, 5.41) is 12.5. The quantitative estimate of drug-likeness (QED) is 0.751. The molecule has 0 bridgehead atoms. The smallest absolute Gasteiger partial charge is 0.122 e. The van der Waals surface area contributed by atoms with Crippen molar-refractivity contribution >= 4 is 0 Å². The Morgan fingerprint density at radius 3 is 3.13 bits per heavy atom. The van der Waals surface area contributed by atoms with Crippen molar-refractivity contribution in [1.82, 2.24) is 5.32 Å². The fraction of sp³-hybridized carbons (Fsp3) is 0.500. The molecular formula is C12H17NO2. The lowest BCUT2D eigenvalue weighted by atomic mass is 10.00. The largest absolute Gasteiger partial charge is 0.496 e. The SMILES string of the molecule is COc1cccc2c1CCNC(CO)C2. The molecule has 0 aromatic heterocycles. The first-order chi connectivity index (χ1) is 7.35. The molecule has 0 radical (unpaired) electrons. The second-order valence-corrected chi connectivity index (χ2v) is 3.89. The average molecular weight is 207 g/mol. The van der Waals surface area contributed by atoms with E-state index in [2.05, 4.69) is 11.4 Å². The molecule has 1 aromatic carbocycles. The molecule has 2 rings (SSSR count). The van der Waals surface area contributed by atoms with Crippen molar-refractivity contribution in [1.29, 1.82) is 0 Å². The molecule has 1 unspecified atom stereocenters. The number of nitrogens with one attached hydrogen (secondary N) is 1. The Morgan fingerprint density at radius 1 is 1.53 bits per heavy atom. The lowest BCUT2D eigenvalue weighted by Crippen LogP contribution is -2.33. The number of ether oxygens (including phenoxy) is 1. The maximum Gasteiger partial charge on any atom is 0.122 e. The standard InChI is InChI=1S/C12H17NO2/c1-15-12-4-2-3-9-7-10(8-14)13-6-5-11(9)12/h2-4,10,13-14H,5-8H2,1H3. The van der Waals surface area contributed by atoms with Crippen LogP contribution in [-0.4, -0.2) is 31.4 Å². The van der Waals surface area contributed by atoms with Gasteiger partial charge < -0.3 is 15.2 Å². The Kier molecular flexibility index (Phi) is 3.23. The van der Waals surface area contributed by atoms with Crippen LogP contribution in [0, 0.1) is 0 Å². The van der Waals surface area contributed by atoms with Crippen LogP contribution >= 0.6 is 0 Å². The van der Waals surface area contributed by atoms with Gasteiger partial charge in [-0.25, -0.2) is 0 Å². The van der Waals surface area contributed by atoms with Gasteiger partial charge in [-0.1, -0.05) is 12.1 Å². The van der Waals surface area contributed by atoms with Gasteiger partial charge in [-0.2, -0.15) is 0 Å². The van der Waals surface area contributed by atoms with Crippen molar-refractivity contribution < 1.29 is 9.84 Å². The molecule has 82 valence electrons. The fourth-order valence-corrected chi connectivity index (χ4v) is 2.15. The minimum Gasteiger partial charge on any atom is -0.496 e. The Labute approximate surface area is 90.1 Å². The Bertz CT molecular complexity index is 338. The summed E-state index contributed by atoms with van der Waals surface area (Å²) in [5.41, 5.74) is 2.57. The van der Waals surface area contributed by atoms with Crippen molar-refractivity contribution in [2.75, 3.05) is 20.3 Å². The van der Waals surface area contributed by atoms with Crippen LogP contribution in [-0.2, 0) is 12.8 Å². The molecule has 2 N–H and O–H groups in total. The molecular weight excluding hydrogens is 190 g/mol. The molecule has 1 heterocycles. The van der Waals surface area contributed by atoms with Gasteiger partial charge in [-0.05, 0) is 36.6 Å². The second-order valence-electron chi connectivity index (χ2n) is 3.89. The molecule has 3 heteroatoms. The number of benzene rings is 1. The molecule has 0 fully saturated rings. The van der Waals surface area contributed by atoms with Gasteiger partial charge >= 0.3 is 0 Å². The lowest BCUT2D eigenvalue weighted by molar-refractivity contribution is 0.244. The van der Waals surface area contributed by atoms with E-state index in [1.54, 1.807) is 7.11 Å². The van der Waals surface area contributed by atoms with Gasteiger partial charge in [0.25, 0.3) is 0 Å². The zero-order chi connectivity index (χ0) is 10.7. The van der Waals surface area contributed by atoms with Crippen molar-refractivity contribution in [3.8, 4) is 5.75 Å². The number of hydrogen-bond acceptors (Lipinski definition) is 3. The summed E-state index contributed by atoms with van der Waals surface area (Å²) in [6.45, 7) is 1.09. The average Bonchev–Trinajstić information content (AvgIpc) is 2.49. The van der Waals surface area contributed by atoms with Crippen LogP contribution in [0.4, 0.5) is 0 Å². The van der Waals surface area contributed by atoms with Crippen LogP contribution in [0.5, 0.6) is 5.75 Å². The third kappa shape index (κ3) is 2.13. The first-order valence-electron chi connectivity index (χ1n) is 5.34. The maximum atomic E-state index is 9.17. The van der Waals surface area contributed by atoms with Crippen molar-refractivity contribution in [2.24, 2.45) is 0 Å². The zero-order valence-electron chi connectivity index (χ0n) is 8.99. The van der Waals surface area contributed by atoms with Gasteiger partial charge in [-0.15, -0.1) is 0 Å². The minimum atomic E-state index is 0.179. The van der Waals surface area contributed by atoms with Gasteiger partial charge in [0.2, 0.25) is 0 Å². The highest BCUT2D eigenvalue weighted by Gasteiger charge is 2.17. The molecule has 0 saturated heterocycles. The molecule has 1 aliphatic heterocycles. The summed E-state index contributed by atoms with van der Waals surface area (Å²) in [5.74, 6) is 0.966. The number of methoxy groups -OCH3 is 1. The van der Waals surface area contributed by atoms with Gasteiger partial charge in [0.15, 0.2) is 0 Å². The molecule has 0 aliphatic carbocycles. The van der Waals surface area contributed by atoms with E-state index in [9.17, 15) is 5.11 Å². The van der Waals surface area contributed by atoms with Crippen LogP contribution < -0.4 is 10.1 Å². The summed E-state index contributed by atoms with van der Waals surface area (Å²) in [6.07, 6.45) is 1.85. The van der Waals surface area contributed by atoms with Gasteiger partial charge in [0.05, 0.1) is 13.7 Å². The van der Waals surface area contributed by atoms with Crippen molar-refractivity contribution in [3.63, 3.8) is 0 Å². The summed E-state index contributed by atoms with van der Waals surface area (Å²) < 4.78 is 5.35. The number of aliphatic hydroxyl groups excluding tert-OH is 1. The van der Waals surface area contributed by atoms with Gasteiger partial charge in [0.1, 0.15) is 5.75 Å². The van der Waals surface area contributed by atoms with E-state index in [0.717, 1.165) is 25.1 Å². The predicted octanol–water partition coefficient (Wildman–Crippen LogP) is 0.744. The van der Waals surface area contributed by atoms with Crippen LogP contribution in [0.1, 0.15) is 11.1 Å². The highest BCUT2D eigenvalue weighted by molar-refractivity contribution is 5.41. The number of aliphatic hydroxyl groups is 1. The number of rotatable bonds is 2. The summed E-state index contributed by atoms with van der Waals surface area (Å²) in [6, 6.07) is 6.31. The molecule has 1 aliphatic rings. The van der Waals surface area contributed by atoms with Crippen molar-refractivity contribution in [2.45, 2.75) is 18.9 Å². The molecule has 1 aromatic rings. The second kappa shape index (κ2) is 4.64. The molecule has 0 spiro atoms. The topological polar surface area (TPSA) is 41.5 Å².